The van der Waals surface area contributed by atoms with Crippen LogP contribution >= 0.6 is 22.7 Å². The van der Waals surface area contributed by atoms with Gasteiger partial charge in [-0.2, -0.15) is 0 Å². The van der Waals surface area contributed by atoms with Gasteiger partial charge in [0, 0.05) is 24.2 Å². The van der Waals surface area contributed by atoms with Crippen molar-refractivity contribution in [1.29, 1.82) is 0 Å². The number of ether oxygens (including phenoxy) is 4. The van der Waals surface area contributed by atoms with Gasteiger partial charge in [-0.05, 0) is 77.9 Å². The second-order valence-corrected chi connectivity index (χ2v) is 14.4. The van der Waals surface area contributed by atoms with Gasteiger partial charge in [0.2, 0.25) is 0 Å². The van der Waals surface area contributed by atoms with Crippen LogP contribution in [0.25, 0.3) is 20.4 Å². The van der Waals surface area contributed by atoms with Crippen molar-refractivity contribution in [2.45, 2.75) is 77.8 Å². The van der Waals surface area contributed by atoms with Gasteiger partial charge in [0.15, 0.2) is 12.2 Å². The maximum atomic E-state index is 13.1. The summed E-state index contributed by atoms with van der Waals surface area (Å²) in [6.45, 7) is 18.3. The first-order chi connectivity index (χ1) is 21.6. The first-order valence-corrected chi connectivity index (χ1v) is 16.2. The molecule has 2 aromatic carbocycles. The lowest BCUT2D eigenvalue weighted by Crippen LogP contribution is -2.27. The highest BCUT2D eigenvalue weighted by molar-refractivity contribution is 7.19. The molecule has 2 atom stereocenters. The number of aromatic nitrogens is 2. The van der Waals surface area contributed by atoms with Crippen LogP contribution in [0.15, 0.2) is 61.7 Å². The van der Waals surface area contributed by atoms with E-state index in [2.05, 4.69) is 33.8 Å². The minimum absolute atomic E-state index is 0.304. The normalized spacial score (nSPS) is 13.0. The Labute approximate surface area is 275 Å². The summed E-state index contributed by atoms with van der Waals surface area (Å²) in [6, 6.07) is 10.6. The molecule has 0 aliphatic heterocycles. The number of benzene rings is 2. The van der Waals surface area contributed by atoms with Crippen molar-refractivity contribution in [3.8, 4) is 0 Å². The van der Waals surface area contributed by atoms with Crippen LogP contribution in [0.3, 0.4) is 0 Å². The molecule has 244 valence electrons. The number of anilines is 2. The Hall–Kier alpha value is -4.49. The van der Waals surface area contributed by atoms with Gasteiger partial charge in [0.05, 0.1) is 20.4 Å². The summed E-state index contributed by atoms with van der Waals surface area (Å²) in [5, 5.41) is 6.51. The second kappa shape index (κ2) is 14.3. The van der Waals surface area contributed by atoms with Gasteiger partial charge in [0.1, 0.15) is 21.2 Å². The number of hydrogen-bond donors (Lipinski definition) is 2. The average Bonchev–Trinajstić information content (AvgIpc) is 3.54. The molecule has 0 saturated carbocycles. The highest BCUT2D eigenvalue weighted by Gasteiger charge is 2.26. The molecule has 13 heteroatoms. The Morgan fingerprint density at radius 3 is 1.48 bits per heavy atom. The zero-order valence-corrected chi connectivity index (χ0v) is 28.3. The van der Waals surface area contributed by atoms with Crippen LogP contribution in [-0.2, 0) is 18.9 Å². The van der Waals surface area contributed by atoms with Crippen LogP contribution in [0, 0.1) is 0 Å². The monoisotopic (exact) mass is 666 g/mol. The zero-order chi connectivity index (χ0) is 33.6. The molecule has 0 radical (unpaired) electrons. The Balaban J connectivity index is 1.46. The van der Waals surface area contributed by atoms with Gasteiger partial charge in [-0.3, -0.25) is 10.6 Å². The Morgan fingerprint density at radius 2 is 1.13 bits per heavy atom. The molecule has 0 spiro atoms. The molecule has 4 aromatic rings. The number of thiazole rings is 2. The predicted molar refractivity (Wildman–Crippen MR) is 182 cm³/mol. The van der Waals surface area contributed by atoms with Gasteiger partial charge in [-0.25, -0.2) is 24.4 Å². The molecule has 0 aliphatic rings. The fourth-order valence-electron chi connectivity index (χ4n) is 4.13. The minimum Gasteiger partial charge on any atom is -0.444 e. The van der Waals surface area contributed by atoms with Crippen molar-refractivity contribution < 1.29 is 33.3 Å². The molecule has 11 nitrogen and oxygen atoms in total. The second-order valence-electron chi connectivity index (χ2n) is 12.2. The zero-order valence-electron chi connectivity index (χ0n) is 26.7. The number of rotatable bonds is 10. The third-order valence-corrected chi connectivity index (χ3v) is 8.15. The molecular formula is C33H38N4O7S2. The molecule has 2 amide bonds. The van der Waals surface area contributed by atoms with E-state index in [9.17, 15) is 14.4 Å². The van der Waals surface area contributed by atoms with Gasteiger partial charge < -0.3 is 18.9 Å². The Kier molecular flexibility index (Phi) is 10.7. The number of amides is 2. The van der Waals surface area contributed by atoms with Gasteiger partial charge in [0.25, 0.3) is 0 Å². The van der Waals surface area contributed by atoms with E-state index in [0.717, 1.165) is 9.40 Å². The summed E-state index contributed by atoms with van der Waals surface area (Å²) in [5.74, 6) is 0. The summed E-state index contributed by atoms with van der Waals surface area (Å²) < 4.78 is 23.8. The van der Waals surface area contributed by atoms with E-state index < -0.39 is 41.8 Å². The van der Waals surface area contributed by atoms with Crippen LogP contribution in [-0.4, -0.2) is 39.5 Å². The average molecular weight is 667 g/mol. The molecule has 4 rings (SSSR count). The Bertz CT molecular complexity index is 1620. The molecule has 2 unspecified atom stereocenters. The van der Waals surface area contributed by atoms with E-state index in [1.165, 1.54) is 22.7 Å². The largest absolute Gasteiger partial charge is 0.509 e. The van der Waals surface area contributed by atoms with E-state index >= 15 is 0 Å². The first kappa shape index (κ1) is 34.4. The maximum absolute atomic E-state index is 13.1. The quantitative estimate of drug-likeness (QED) is 0.0962. The molecule has 0 fully saturated rings. The third kappa shape index (κ3) is 9.75. The van der Waals surface area contributed by atoms with Crippen LogP contribution in [0.4, 0.5) is 25.8 Å². The molecule has 2 heterocycles. The fourth-order valence-corrected chi connectivity index (χ4v) is 6.11. The van der Waals surface area contributed by atoms with Crippen molar-refractivity contribution in [3.05, 3.63) is 71.7 Å². The van der Waals surface area contributed by atoms with E-state index in [4.69, 9.17) is 18.9 Å². The third-order valence-electron chi connectivity index (χ3n) is 5.89. The molecule has 0 saturated heterocycles. The summed E-state index contributed by atoms with van der Waals surface area (Å²) in [7, 11) is 0. The molecule has 2 aromatic heterocycles. The van der Waals surface area contributed by atoms with Crippen molar-refractivity contribution >= 4 is 72.8 Å². The Morgan fingerprint density at radius 1 is 0.739 bits per heavy atom. The first-order valence-electron chi connectivity index (χ1n) is 14.5. The number of hydrogen-bond acceptors (Lipinski definition) is 11. The number of carbonyl (C=O) groups is 3. The van der Waals surface area contributed by atoms with E-state index in [1.54, 1.807) is 78.0 Å². The standard InChI is InChI=1S/C33H38N4O7S2/c1-9-11-23(27-36-21-17-19(13-15-25(21)45-27)34-29(38)43-32(3,4)5)41-31(40)42-24(12-10-2)28-37-22-18-20(14-16-26(22)46-28)35-30(39)44-33(6,7)8/h9-10,13-18,23-24H,1-2,11-12H2,3-8H3,(H,34,38)(H,35,39). The van der Waals surface area contributed by atoms with Gasteiger partial charge >= 0.3 is 18.3 Å². The van der Waals surface area contributed by atoms with Gasteiger partial charge in [-0.1, -0.05) is 12.2 Å². The summed E-state index contributed by atoms with van der Waals surface area (Å²) in [5.41, 5.74) is 1.03. The van der Waals surface area contributed by atoms with Crippen LogP contribution < -0.4 is 10.6 Å². The lowest BCUT2D eigenvalue weighted by atomic mass is 10.2. The number of nitrogens with one attached hydrogen (secondary N) is 2. The van der Waals surface area contributed by atoms with Crippen LogP contribution in [0.1, 0.15) is 76.6 Å². The smallest absolute Gasteiger partial charge is 0.444 e. The SMILES string of the molecule is C=CCC(OC(=O)OC(CC=C)c1nc2cc(NC(=O)OC(C)(C)C)ccc2s1)c1nc2cc(NC(=O)OC(C)(C)C)ccc2s1. The molecule has 0 bridgehead atoms. The molecular weight excluding hydrogens is 629 g/mol. The van der Waals surface area contributed by atoms with Gasteiger partial charge in [-0.15, -0.1) is 35.8 Å². The summed E-state index contributed by atoms with van der Waals surface area (Å²) in [6.07, 6.45) is 0.357. The predicted octanol–water partition coefficient (Wildman–Crippen LogP) is 9.69. The van der Waals surface area contributed by atoms with Crippen molar-refractivity contribution in [2.75, 3.05) is 10.6 Å². The summed E-state index contributed by atoms with van der Waals surface area (Å²) >= 11 is 2.72. The fraction of sp³-hybridized carbons (Fsp3) is 0.364. The minimum atomic E-state index is -0.892. The van der Waals surface area contributed by atoms with E-state index in [-0.39, 0.29) is 0 Å². The maximum Gasteiger partial charge on any atom is 0.509 e. The molecule has 0 aliphatic carbocycles. The van der Waals surface area contributed by atoms with Crippen LogP contribution in [0.5, 0.6) is 0 Å². The lowest BCUT2D eigenvalue weighted by molar-refractivity contribution is -0.00180. The highest BCUT2D eigenvalue weighted by atomic mass is 32.1. The number of nitrogens with zero attached hydrogens (tertiary/aromatic N) is 2. The number of carbonyl (C=O) groups excluding carboxylic acids is 3. The van der Waals surface area contributed by atoms with E-state index in [1.807, 2.05) is 12.1 Å². The van der Waals surface area contributed by atoms with Crippen LogP contribution in [0.2, 0.25) is 0 Å². The molecule has 2 N–H and O–H groups in total. The topological polar surface area (TPSA) is 138 Å². The highest BCUT2D eigenvalue weighted by Crippen LogP contribution is 2.35. The molecule has 46 heavy (non-hydrogen) atoms. The van der Waals surface area contributed by atoms with E-state index in [0.29, 0.717) is 45.3 Å². The number of fused-ring (bicyclic) bond motifs is 2. The van der Waals surface area contributed by atoms with Crippen molar-refractivity contribution in [1.82, 2.24) is 9.97 Å². The summed E-state index contributed by atoms with van der Waals surface area (Å²) in [4.78, 5) is 46.8. The van der Waals surface area contributed by atoms with Crippen molar-refractivity contribution in [2.24, 2.45) is 0 Å². The van der Waals surface area contributed by atoms with Crippen molar-refractivity contribution in [3.63, 3.8) is 0 Å². The lowest BCUT2D eigenvalue weighted by Gasteiger charge is -2.19.